The third kappa shape index (κ3) is 3.51. The first kappa shape index (κ1) is 19.6. The summed E-state index contributed by atoms with van der Waals surface area (Å²) in [4.78, 5) is 2.22. The number of hydrogen-bond acceptors (Lipinski definition) is 5. The van der Waals surface area contributed by atoms with Gasteiger partial charge in [0.15, 0.2) is 0 Å². The first-order valence-electron chi connectivity index (χ1n) is 10.4. The molecule has 6 heteroatoms. The fraction of sp³-hybridized carbons (Fsp3) is 0.545. The van der Waals surface area contributed by atoms with Crippen molar-refractivity contribution in [2.75, 3.05) is 25.0 Å². The van der Waals surface area contributed by atoms with Gasteiger partial charge >= 0.3 is 0 Å². The van der Waals surface area contributed by atoms with Crippen LogP contribution in [0.3, 0.4) is 0 Å². The summed E-state index contributed by atoms with van der Waals surface area (Å²) in [7, 11) is 0. The van der Waals surface area contributed by atoms with E-state index in [2.05, 4.69) is 35.1 Å². The van der Waals surface area contributed by atoms with Crippen molar-refractivity contribution in [2.24, 2.45) is 0 Å². The van der Waals surface area contributed by atoms with Crippen molar-refractivity contribution in [2.45, 2.75) is 57.5 Å². The van der Waals surface area contributed by atoms with Crippen LogP contribution in [0.2, 0.25) is 5.02 Å². The van der Waals surface area contributed by atoms with Gasteiger partial charge in [0.2, 0.25) is 0 Å². The largest absolute Gasteiger partial charge is 0.459 e. The number of furan rings is 1. The maximum atomic E-state index is 9.35. The van der Waals surface area contributed by atoms with E-state index < -0.39 is 0 Å². The number of benzene rings is 1. The Hall–Kier alpha value is -1.69. The molecule has 2 heterocycles. The van der Waals surface area contributed by atoms with Gasteiger partial charge in [-0.25, -0.2) is 0 Å². The second kappa shape index (κ2) is 7.97. The monoisotopic (exact) mass is 403 g/mol. The minimum atomic E-state index is -0.164. The number of nitrogens with one attached hydrogen (secondary N) is 2. The van der Waals surface area contributed by atoms with Gasteiger partial charge in [-0.05, 0) is 37.9 Å². The molecule has 1 aliphatic carbocycles. The molecule has 0 saturated heterocycles. The van der Waals surface area contributed by atoms with Gasteiger partial charge in [-0.1, -0.05) is 44.4 Å². The molecule has 28 heavy (non-hydrogen) atoms. The van der Waals surface area contributed by atoms with Gasteiger partial charge in [0, 0.05) is 17.5 Å². The Labute approximate surface area is 171 Å². The number of aliphatic hydroxyl groups excluding tert-OH is 1. The van der Waals surface area contributed by atoms with Crippen LogP contribution in [-0.2, 0) is 12.1 Å². The molecule has 1 aliphatic heterocycles. The van der Waals surface area contributed by atoms with Crippen molar-refractivity contribution in [1.82, 2.24) is 10.2 Å². The molecule has 152 valence electrons. The van der Waals surface area contributed by atoms with Gasteiger partial charge < -0.3 is 20.2 Å². The lowest BCUT2D eigenvalue weighted by Gasteiger charge is -2.44. The van der Waals surface area contributed by atoms with Gasteiger partial charge in [0.1, 0.15) is 11.3 Å². The molecule has 1 spiro atoms. The lowest BCUT2D eigenvalue weighted by Crippen LogP contribution is -2.48. The van der Waals surface area contributed by atoms with E-state index in [1.807, 2.05) is 6.07 Å². The van der Waals surface area contributed by atoms with Crippen molar-refractivity contribution >= 4 is 28.3 Å². The predicted molar refractivity (Wildman–Crippen MR) is 115 cm³/mol. The van der Waals surface area contributed by atoms with Gasteiger partial charge in [-0.2, -0.15) is 0 Å². The van der Waals surface area contributed by atoms with E-state index in [4.69, 9.17) is 16.0 Å². The van der Waals surface area contributed by atoms with Crippen molar-refractivity contribution in [3.05, 3.63) is 40.9 Å². The normalized spacial score (nSPS) is 18.4. The molecular formula is C22H30ClN3O2. The Kier molecular flexibility index (Phi) is 5.59. The third-order valence-corrected chi connectivity index (χ3v) is 6.30. The summed E-state index contributed by atoms with van der Waals surface area (Å²) in [6.45, 7) is 8.70. The quantitative estimate of drug-likeness (QED) is 0.637. The van der Waals surface area contributed by atoms with Crippen LogP contribution in [-0.4, -0.2) is 29.7 Å². The second-order valence-electron chi connectivity index (χ2n) is 8.11. The molecule has 0 radical (unpaired) electrons. The summed E-state index contributed by atoms with van der Waals surface area (Å²) >= 11 is 6.69. The van der Waals surface area contributed by atoms with Crippen LogP contribution in [0.15, 0.2) is 28.9 Å². The number of anilines is 1. The van der Waals surface area contributed by atoms with E-state index in [-0.39, 0.29) is 12.1 Å². The molecular weight excluding hydrogens is 374 g/mol. The minimum Gasteiger partial charge on any atom is -0.459 e. The minimum absolute atomic E-state index is 0.153. The summed E-state index contributed by atoms with van der Waals surface area (Å²) in [6.07, 6.45) is 6.78. The highest BCUT2D eigenvalue weighted by molar-refractivity contribution is 6.34. The van der Waals surface area contributed by atoms with Crippen LogP contribution >= 0.6 is 11.6 Å². The van der Waals surface area contributed by atoms with Gasteiger partial charge in [0.25, 0.3) is 0 Å². The number of rotatable bonds is 6. The topological polar surface area (TPSA) is 60.7 Å². The highest BCUT2D eigenvalue weighted by Gasteiger charge is 2.42. The standard InChI is InChI=1S/C22H30ClN3O2/c1-3-9-26(10-11-27)14-17-12-16-13-18(23)20-19(21(16)28-17)22(25-15(2)24-20)7-5-4-6-8-22/h12-13,24-25,27H,2-11,14H2,1H3. The molecule has 2 aliphatic rings. The summed E-state index contributed by atoms with van der Waals surface area (Å²) < 4.78 is 6.42. The zero-order valence-electron chi connectivity index (χ0n) is 16.6. The van der Waals surface area contributed by atoms with E-state index >= 15 is 0 Å². The second-order valence-corrected chi connectivity index (χ2v) is 8.52. The molecule has 3 N–H and O–H groups in total. The summed E-state index contributed by atoms with van der Waals surface area (Å²) in [5, 5.41) is 18.1. The average molecular weight is 404 g/mol. The lowest BCUT2D eigenvalue weighted by molar-refractivity contribution is 0.182. The Morgan fingerprint density at radius 2 is 2.04 bits per heavy atom. The first-order chi connectivity index (χ1) is 13.6. The number of halogens is 1. The molecule has 1 aromatic heterocycles. The molecule has 0 bridgehead atoms. The van der Waals surface area contributed by atoms with Gasteiger partial charge in [-0.15, -0.1) is 0 Å². The molecule has 0 amide bonds. The zero-order valence-corrected chi connectivity index (χ0v) is 17.4. The maximum Gasteiger partial charge on any atom is 0.142 e. The number of fused-ring (bicyclic) bond motifs is 4. The maximum absolute atomic E-state index is 9.35. The van der Waals surface area contributed by atoms with E-state index in [1.54, 1.807) is 0 Å². The van der Waals surface area contributed by atoms with Crippen molar-refractivity contribution < 1.29 is 9.52 Å². The molecule has 1 fully saturated rings. The number of hydrogen-bond donors (Lipinski definition) is 3. The molecule has 1 aromatic carbocycles. The third-order valence-electron chi connectivity index (χ3n) is 6.00. The molecule has 0 atom stereocenters. The molecule has 2 aromatic rings. The molecule has 4 rings (SSSR count). The summed E-state index contributed by atoms with van der Waals surface area (Å²) in [5.74, 6) is 1.72. The fourth-order valence-corrected chi connectivity index (χ4v) is 5.13. The molecule has 1 saturated carbocycles. The number of aliphatic hydroxyl groups is 1. The highest BCUT2D eigenvalue weighted by Crippen LogP contribution is 2.49. The van der Waals surface area contributed by atoms with Gasteiger partial charge in [-0.3, -0.25) is 4.90 Å². The van der Waals surface area contributed by atoms with E-state index in [0.29, 0.717) is 18.1 Å². The van der Waals surface area contributed by atoms with E-state index in [9.17, 15) is 5.11 Å². The van der Waals surface area contributed by atoms with Crippen LogP contribution in [0, 0.1) is 0 Å². The highest BCUT2D eigenvalue weighted by atomic mass is 35.5. The number of nitrogens with zero attached hydrogens (tertiary/aromatic N) is 1. The fourth-order valence-electron chi connectivity index (χ4n) is 4.87. The van der Waals surface area contributed by atoms with Crippen molar-refractivity contribution in [3.8, 4) is 0 Å². The van der Waals surface area contributed by atoms with Crippen LogP contribution in [0.25, 0.3) is 11.0 Å². The molecule has 0 unspecified atom stereocenters. The SMILES string of the molecule is C=C1Nc2c(Cl)cc3cc(CN(CCC)CCO)oc3c2C2(CCCCC2)N1. The van der Waals surface area contributed by atoms with Crippen molar-refractivity contribution in [3.63, 3.8) is 0 Å². The van der Waals surface area contributed by atoms with Crippen LogP contribution in [0.1, 0.15) is 56.8 Å². The molecule has 5 nitrogen and oxygen atoms in total. The first-order valence-corrected chi connectivity index (χ1v) is 10.8. The average Bonchev–Trinajstić information content (AvgIpc) is 3.04. The van der Waals surface area contributed by atoms with Gasteiger partial charge in [0.05, 0.1) is 35.2 Å². The Morgan fingerprint density at radius 3 is 2.75 bits per heavy atom. The van der Waals surface area contributed by atoms with E-state index in [1.165, 1.54) is 19.3 Å². The van der Waals surface area contributed by atoms with Crippen LogP contribution in [0.4, 0.5) is 5.69 Å². The Balaban J connectivity index is 1.79. The Bertz CT molecular complexity index is 864. The predicted octanol–water partition coefficient (Wildman–Crippen LogP) is 4.94. The van der Waals surface area contributed by atoms with Crippen LogP contribution < -0.4 is 10.6 Å². The van der Waals surface area contributed by atoms with E-state index in [0.717, 1.165) is 59.6 Å². The van der Waals surface area contributed by atoms with Crippen LogP contribution in [0.5, 0.6) is 0 Å². The summed E-state index contributed by atoms with van der Waals surface area (Å²) in [5.41, 5.74) is 2.84. The Morgan fingerprint density at radius 1 is 1.25 bits per heavy atom. The summed E-state index contributed by atoms with van der Waals surface area (Å²) in [6, 6.07) is 4.09. The lowest BCUT2D eigenvalue weighted by atomic mass is 9.74. The smallest absolute Gasteiger partial charge is 0.142 e. The zero-order chi connectivity index (χ0) is 19.7. The van der Waals surface area contributed by atoms with Crippen molar-refractivity contribution in [1.29, 1.82) is 0 Å².